The normalized spacial score (nSPS) is 25.3. The molecule has 2 aliphatic rings. The molecule has 1 saturated carbocycles. The van der Waals surface area contributed by atoms with E-state index in [0.29, 0.717) is 69.6 Å². The quantitative estimate of drug-likeness (QED) is 0.333. The fourth-order valence-electron chi connectivity index (χ4n) is 6.06. The lowest BCUT2D eigenvalue weighted by Crippen LogP contribution is -2.54. The van der Waals surface area contributed by atoms with Crippen LogP contribution in [0.4, 0.5) is 13.6 Å². The van der Waals surface area contributed by atoms with Gasteiger partial charge in [-0.3, -0.25) is 0 Å². The van der Waals surface area contributed by atoms with Gasteiger partial charge < -0.3 is 25.7 Å². The third kappa shape index (κ3) is 7.39. The van der Waals surface area contributed by atoms with Gasteiger partial charge >= 0.3 is 6.03 Å². The summed E-state index contributed by atoms with van der Waals surface area (Å²) < 4.78 is 28.7. The van der Waals surface area contributed by atoms with E-state index >= 15 is 4.39 Å². The number of urea groups is 1. The Balaban J connectivity index is 1.71. The molecule has 1 heterocycles. The number of carbonyl (C=O) groups is 1. The summed E-state index contributed by atoms with van der Waals surface area (Å²) in [4.78, 5) is 15.1. The number of unbranched alkanes of at least 4 members (excludes halogenated alkanes) is 1. The number of likely N-dealkylation sites (tertiary alicyclic amines) is 1. The molecule has 2 amide bonds. The van der Waals surface area contributed by atoms with Crippen LogP contribution in [0.2, 0.25) is 0 Å². The van der Waals surface area contributed by atoms with Gasteiger partial charge in [-0.15, -0.1) is 0 Å². The molecule has 1 saturated heterocycles. The number of likely N-dealkylation sites (N-methyl/N-ethyl adjacent to an activating group) is 1. The monoisotopic (exact) mass is 509 g/mol. The SMILES string of the molecule is CNC[C@H](C[C@H]1CC[C@H](F)CC1)NC(=O)N1CCC[C@@H]([C@@](O)(CCCCO)c2cccc(C)c2F)C1. The molecule has 3 rings (SSSR count). The van der Waals surface area contributed by atoms with Crippen molar-refractivity contribution in [3.63, 3.8) is 0 Å². The Morgan fingerprint density at radius 1 is 1.22 bits per heavy atom. The van der Waals surface area contributed by atoms with Crippen LogP contribution >= 0.6 is 0 Å². The van der Waals surface area contributed by atoms with Crippen LogP contribution in [0, 0.1) is 24.6 Å². The minimum atomic E-state index is -1.42. The molecule has 1 aromatic carbocycles. The number of piperidine rings is 1. The maximum absolute atomic E-state index is 15.2. The number of amides is 2. The summed E-state index contributed by atoms with van der Waals surface area (Å²) in [6, 6.07) is 4.88. The number of aliphatic hydroxyl groups is 2. The number of carbonyl (C=O) groups excluding carboxylic acids is 1. The molecule has 0 spiro atoms. The zero-order chi connectivity index (χ0) is 26.1. The summed E-state index contributed by atoms with van der Waals surface area (Å²) in [5.74, 6) is -0.303. The molecule has 2 fully saturated rings. The smallest absolute Gasteiger partial charge is 0.317 e. The number of alkyl halides is 1. The van der Waals surface area contributed by atoms with E-state index in [1.165, 1.54) is 0 Å². The zero-order valence-corrected chi connectivity index (χ0v) is 21.9. The second kappa shape index (κ2) is 13.7. The van der Waals surface area contributed by atoms with Crippen LogP contribution < -0.4 is 10.6 Å². The van der Waals surface area contributed by atoms with Crippen molar-refractivity contribution >= 4 is 6.03 Å². The Hall–Kier alpha value is -1.77. The lowest BCUT2D eigenvalue weighted by molar-refractivity contribution is -0.0586. The van der Waals surface area contributed by atoms with Crippen molar-refractivity contribution in [1.82, 2.24) is 15.5 Å². The number of nitrogens with zero attached hydrogens (tertiary/aromatic N) is 1. The highest BCUT2D eigenvalue weighted by atomic mass is 19.1. The number of aryl methyl sites for hydroxylation is 1. The van der Waals surface area contributed by atoms with E-state index in [1.807, 2.05) is 7.05 Å². The highest BCUT2D eigenvalue weighted by molar-refractivity contribution is 5.74. The number of nitrogens with one attached hydrogen (secondary N) is 2. The topological polar surface area (TPSA) is 84.8 Å². The highest BCUT2D eigenvalue weighted by Gasteiger charge is 2.43. The molecule has 0 aromatic heterocycles. The van der Waals surface area contributed by atoms with Crippen molar-refractivity contribution in [3.05, 3.63) is 35.1 Å². The van der Waals surface area contributed by atoms with E-state index in [1.54, 1.807) is 30.0 Å². The molecule has 1 aliphatic carbocycles. The predicted octanol–water partition coefficient (Wildman–Crippen LogP) is 4.41. The molecule has 36 heavy (non-hydrogen) atoms. The van der Waals surface area contributed by atoms with Crippen LogP contribution in [0.3, 0.4) is 0 Å². The molecule has 0 unspecified atom stereocenters. The minimum Gasteiger partial charge on any atom is -0.396 e. The van der Waals surface area contributed by atoms with Crippen LogP contribution in [0.25, 0.3) is 0 Å². The standard InChI is InChI=1S/C28H45F2N3O3/c1-20-7-5-9-25(26(20)30)28(36,14-3-4-16-34)22-8-6-15-33(19-22)27(35)32-24(18-31-2)17-21-10-12-23(29)13-11-21/h5,7,9,21-24,31,34,36H,3-4,6,8,10-19H2,1-2H3,(H,32,35)/t21-,22-,23-,24+,28+/m1/s1. The van der Waals surface area contributed by atoms with E-state index in [2.05, 4.69) is 10.6 Å². The second-order valence-electron chi connectivity index (χ2n) is 10.9. The van der Waals surface area contributed by atoms with Crippen LogP contribution in [-0.2, 0) is 5.60 Å². The zero-order valence-electron chi connectivity index (χ0n) is 21.9. The maximum Gasteiger partial charge on any atom is 0.317 e. The molecule has 4 N–H and O–H groups in total. The van der Waals surface area contributed by atoms with Gasteiger partial charge in [0.2, 0.25) is 0 Å². The number of benzene rings is 1. The summed E-state index contributed by atoms with van der Waals surface area (Å²) in [7, 11) is 1.86. The lowest BCUT2D eigenvalue weighted by Gasteiger charge is -2.43. The van der Waals surface area contributed by atoms with E-state index in [-0.39, 0.29) is 30.2 Å². The maximum atomic E-state index is 15.2. The summed E-state index contributed by atoms with van der Waals surface area (Å²) in [5, 5.41) is 27.5. The Kier molecular flexibility index (Phi) is 10.9. The Morgan fingerprint density at radius 2 is 1.97 bits per heavy atom. The molecule has 0 radical (unpaired) electrons. The molecular formula is C28H45F2N3O3. The molecule has 8 heteroatoms. The van der Waals surface area contributed by atoms with E-state index in [9.17, 15) is 19.4 Å². The summed E-state index contributed by atoms with van der Waals surface area (Å²) >= 11 is 0. The van der Waals surface area contributed by atoms with Crippen molar-refractivity contribution in [2.24, 2.45) is 11.8 Å². The van der Waals surface area contributed by atoms with Crippen molar-refractivity contribution < 1.29 is 23.8 Å². The summed E-state index contributed by atoms with van der Waals surface area (Å²) in [5.41, 5.74) is -0.654. The van der Waals surface area contributed by atoms with E-state index in [4.69, 9.17) is 0 Å². The van der Waals surface area contributed by atoms with Gasteiger partial charge in [0.25, 0.3) is 0 Å². The Labute approximate surface area is 214 Å². The number of halogens is 2. The first kappa shape index (κ1) is 28.8. The van der Waals surface area contributed by atoms with Crippen LogP contribution in [0.5, 0.6) is 0 Å². The summed E-state index contributed by atoms with van der Waals surface area (Å²) in [6.45, 7) is 3.28. The van der Waals surface area contributed by atoms with Gasteiger partial charge in [0.05, 0.1) is 5.60 Å². The first-order valence-electron chi connectivity index (χ1n) is 13.7. The number of aliphatic hydroxyl groups excluding tert-OH is 1. The fraction of sp³-hybridized carbons (Fsp3) is 0.750. The molecule has 1 aromatic rings. The van der Waals surface area contributed by atoms with Crippen LogP contribution in [0.1, 0.15) is 75.3 Å². The average molecular weight is 510 g/mol. The van der Waals surface area contributed by atoms with Crippen LogP contribution in [0.15, 0.2) is 18.2 Å². The fourth-order valence-corrected chi connectivity index (χ4v) is 6.06. The lowest BCUT2D eigenvalue weighted by atomic mass is 9.73. The van der Waals surface area contributed by atoms with Gasteiger partial charge in [0.15, 0.2) is 0 Å². The van der Waals surface area contributed by atoms with Gasteiger partial charge in [-0.1, -0.05) is 18.2 Å². The molecule has 204 valence electrons. The van der Waals surface area contributed by atoms with Crippen molar-refractivity contribution in [3.8, 4) is 0 Å². The third-order valence-electron chi connectivity index (χ3n) is 8.18. The predicted molar refractivity (Wildman–Crippen MR) is 138 cm³/mol. The van der Waals surface area contributed by atoms with Crippen molar-refractivity contribution in [2.45, 2.75) is 88.9 Å². The van der Waals surface area contributed by atoms with Gasteiger partial charge in [0, 0.05) is 43.8 Å². The number of hydrogen-bond acceptors (Lipinski definition) is 4. The first-order valence-corrected chi connectivity index (χ1v) is 13.7. The first-order chi connectivity index (χ1) is 17.3. The highest BCUT2D eigenvalue weighted by Crippen LogP contribution is 2.41. The number of hydrogen-bond donors (Lipinski definition) is 4. The Morgan fingerprint density at radius 3 is 2.67 bits per heavy atom. The Bertz CT molecular complexity index is 834. The van der Waals surface area contributed by atoms with E-state index in [0.717, 1.165) is 25.7 Å². The van der Waals surface area contributed by atoms with Gasteiger partial charge in [-0.2, -0.15) is 0 Å². The second-order valence-corrected chi connectivity index (χ2v) is 10.9. The third-order valence-corrected chi connectivity index (χ3v) is 8.18. The van der Waals surface area contributed by atoms with Gasteiger partial charge in [-0.25, -0.2) is 13.6 Å². The summed E-state index contributed by atoms with van der Waals surface area (Å²) in [6.07, 6.45) is 5.87. The molecule has 6 nitrogen and oxygen atoms in total. The van der Waals surface area contributed by atoms with Gasteiger partial charge in [0.1, 0.15) is 12.0 Å². The number of rotatable bonds is 11. The minimum absolute atomic E-state index is 0.0193. The molecule has 3 atom stereocenters. The van der Waals surface area contributed by atoms with E-state index < -0.39 is 17.6 Å². The van der Waals surface area contributed by atoms with Crippen molar-refractivity contribution in [2.75, 3.05) is 33.3 Å². The molecular weight excluding hydrogens is 464 g/mol. The van der Waals surface area contributed by atoms with Crippen molar-refractivity contribution in [1.29, 1.82) is 0 Å². The molecule has 0 bridgehead atoms. The molecule has 1 aliphatic heterocycles. The largest absolute Gasteiger partial charge is 0.396 e. The average Bonchev–Trinajstić information content (AvgIpc) is 2.87. The van der Waals surface area contributed by atoms with Crippen LogP contribution in [-0.4, -0.2) is 66.6 Å². The van der Waals surface area contributed by atoms with Gasteiger partial charge in [-0.05, 0) is 89.7 Å².